The van der Waals surface area contributed by atoms with Crippen molar-refractivity contribution in [2.75, 3.05) is 20.2 Å². The van der Waals surface area contributed by atoms with Crippen LogP contribution in [-0.2, 0) is 4.74 Å². The van der Waals surface area contributed by atoms with Gasteiger partial charge in [0.2, 0.25) is 0 Å². The van der Waals surface area contributed by atoms with Crippen LogP contribution in [0.3, 0.4) is 0 Å². The van der Waals surface area contributed by atoms with Crippen molar-refractivity contribution in [2.45, 2.75) is 45.9 Å². The molecule has 0 radical (unpaired) electrons. The van der Waals surface area contributed by atoms with E-state index >= 15 is 0 Å². The molecule has 2 N–H and O–H groups in total. The third-order valence-corrected chi connectivity index (χ3v) is 3.25. The van der Waals surface area contributed by atoms with Crippen LogP contribution in [0.2, 0.25) is 0 Å². The van der Waals surface area contributed by atoms with Crippen LogP contribution in [0.1, 0.15) is 37.9 Å². The number of benzene rings is 1. The molecule has 0 saturated carbocycles. The van der Waals surface area contributed by atoms with Crippen LogP contribution in [-0.4, -0.2) is 37.2 Å². The highest BCUT2D eigenvalue weighted by atomic mass is 16.5. The first-order valence-electron chi connectivity index (χ1n) is 7.05. The Kier molecular flexibility index (Phi) is 6.49. The third kappa shape index (κ3) is 5.31. The molecule has 3 nitrogen and oxygen atoms in total. The largest absolute Gasteiger partial charge is 0.377 e. The molecule has 0 saturated heterocycles. The number of nitrogens with two attached hydrogens (primary N) is 1. The number of hydrogen-bond donors (Lipinski definition) is 1. The minimum atomic E-state index is 0.0887. The molecule has 0 heterocycles. The predicted molar refractivity (Wildman–Crippen MR) is 81.3 cm³/mol. The zero-order valence-electron chi connectivity index (χ0n) is 12.9. The molecule has 0 aliphatic rings. The number of nitrogens with zero attached hydrogens (tertiary/aromatic N) is 1. The van der Waals surface area contributed by atoms with Gasteiger partial charge in [-0.05, 0) is 40.3 Å². The molecule has 0 fully saturated rings. The van der Waals surface area contributed by atoms with E-state index in [0.717, 1.165) is 13.2 Å². The normalized spacial score (nSPS) is 14.9. The van der Waals surface area contributed by atoms with Crippen molar-refractivity contribution in [3.63, 3.8) is 0 Å². The fourth-order valence-corrected chi connectivity index (χ4v) is 2.39. The summed E-state index contributed by atoms with van der Waals surface area (Å²) in [4.78, 5) is 2.28. The lowest BCUT2D eigenvalue weighted by atomic mass is 9.98. The molecule has 0 aliphatic carbocycles. The van der Waals surface area contributed by atoms with E-state index in [1.54, 1.807) is 0 Å². The van der Waals surface area contributed by atoms with Gasteiger partial charge in [-0.15, -0.1) is 0 Å². The van der Waals surface area contributed by atoms with E-state index in [1.807, 2.05) is 0 Å². The second kappa shape index (κ2) is 7.63. The molecule has 3 heteroatoms. The fourth-order valence-electron chi connectivity index (χ4n) is 2.39. The quantitative estimate of drug-likeness (QED) is 0.823. The molecule has 1 rings (SSSR count). The molecule has 2 atom stereocenters. The molecule has 1 aromatic carbocycles. The zero-order chi connectivity index (χ0) is 14.4. The molecule has 1 aromatic rings. The van der Waals surface area contributed by atoms with Gasteiger partial charge in [-0.2, -0.15) is 0 Å². The summed E-state index contributed by atoms with van der Waals surface area (Å²) in [5.41, 5.74) is 8.72. The predicted octanol–water partition coefficient (Wildman–Crippen LogP) is 2.74. The topological polar surface area (TPSA) is 38.5 Å². The lowest BCUT2D eigenvalue weighted by Gasteiger charge is -2.31. The van der Waals surface area contributed by atoms with E-state index in [0.29, 0.717) is 0 Å². The number of ether oxygens (including phenoxy) is 1. The maximum atomic E-state index is 6.17. The first-order valence-corrected chi connectivity index (χ1v) is 7.05. The molecule has 0 aromatic heterocycles. The highest BCUT2D eigenvalue weighted by Gasteiger charge is 2.21. The van der Waals surface area contributed by atoms with E-state index in [2.05, 4.69) is 63.9 Å². The number of likely N-dealkylation sites (N-methyl/N-ethyl adjacent to an activating group) is 1. The van der Waals surface area contributed by atoms with Crippen LogP contribution in [0.5, 0.6) is 0 Å². The van der Waals surface area contributed by atoms with Gasteiger partial charge < -0.3 is 10.5 Å². The zero-order valence-corrected chi connectivity index (χ0v) is 12.9. The Hall–Kier alpha value is -0.900. The minimum Gasteiger partial charge on any atom is -0.377 e. The highest BCUT2D eigenvalue weighted by molar-refractivity contribution is 5.26. The maximum Gasteiger partial charge on any atom is 0.0597 e. The van der Waals surface area contributed by atoms with Crippen molar-refractivity contribution in [2.24, 2.45) is 5.73 Å². The highest BCUT2D eigenvalue weighted by Crippen LogP contribution is 2.22. The van der Waals surface area contributed by atoms with Gasteiger partial charge in [-0.25, -0.2) is 0 Å². The second-order valence-electron chi connectivity index (χ2n) is 5.62. The summed E-state index contributed by atoms with van der Waals surface area (Å²) in [6.07, 6.45) is 0.279. The van der Waals surface area contributed by atoms with Crippen LogP contribution in [0.15, 0.2) is 24.3 Å². The summed E-state index contributed by atoms with van der Waals surface area (Å²) in [7, 11) is 2.11. The Morgan fingerprint density at radius 2 is 1.95 bits per heavy atom. The molecule has 0 amide bonds. The third-order valence-electron chi connectivity index (χ3n) is 3.25. The van der Waals surface area contributed by atoms with Crippen LogP contribution in [0.4, 0.5) is 0 Å². The average molecular weight is 264 g/mol. The molecule has 19 heavy (non-hydrogen) atoms. The van der Waals surface area contributed by atoms with Gasteiger partial charge in [-0.3, -0.25) is 4.90 Å². The Bertz CT molecular complexity index is 377. The maximum absolute atomic E-state index is 6.17. The van der Waals surface area contributed by atoms with Crippen molar-refractivity contribution < 1.29 is 4.74 Å². The smallest absolute Gasteiger partial charge is 0.0597 e. The van der Waals surface area contributed by atoms with Gasteiger partial charge in [0, 0.05) is 18.6 Å². The summed E-state index contributed by atoms with van der Waals surface area (Å²) in [5.74, 6) is 0. The Morgan fingerprint density at radius 3 is 2.47 bits per heavy atom. The standard InChI is InChI=1S/C16H28N2O/c1-12(2)19-10-9-18(5)16(14(4)17)15-8-6-7-13(3)11-15/h6-8,11-12,14,16H,9-10,17H2,1-5H3. The van der Waals surface area contributed by atoms with Gasteiger partial charge in [0.15, 0.2) is 0 Å². The molecule has 108 valence electrons. The lowest BCUT2D eigenvalue weighted by Crippen LogP contribution is -2.39. The summed E-state index contributed by atoms with van der Waals surface area (Å²) in [6.45, 7) is 9.92. The van der Waals surface area contributed by atoms with Crippen molar-refractivity contribution in [1.29, 1.82) is 0 Å². The molecular weight excluding hydrogens is 236 g/mol. The van der Waals surface area contributed by atoms with Crippen molar-refractivity contribution in [3.05, 3.63) is 35.4 Å². The molecule has 0 aliphatic heterocycles. The monoisotopic (exact) mass is 264 g/mol. The summed E-state index contributed by atoms with van der Waals surface area (Å²) in [5, 5.41) is 0. The lowest BCUT2D eigenvalue weighted by molar-refractivity contribution is 0.0535. The van der Waals surface area contributed by atoms with Crippen molar-refractivity contribution >= 4 is 0 Å². The number of rotatable bonds is 7. The fraction of sp³-hybridized carbons (Fsp3) is 0.625. The van der Waals surface area contributed by atoms with Crippen LogP contribution in [0.25, 0.3) is 0 Å². The van der Waals surface area contributed by atoms with Gasteiger partial charge in [0.05, 0.1) is 12.7 Å². The van der Waals surface area contributed by atoms with Crippen molar-refractivity contribution in [1.82, 2.24) is 4.90 Å². The van der Waals surface area contributed by atoms with Gasteiger partial charge in [0.25, 0.3) is 0 Å². The molecule has 0 spiro atoms. The first kappa shape index (κ1) is 16.2. The van der Waals surface area contributed by atoms with Crippen molar-refractivity contribution in [3.8, 4) is 0 Å². The minimum absolute atomic E-state index is 0.0887. The number of aryl methyl sites for hydroxylation is 1. The molecule has 0 bridgehead atoms. The average Bonchev–Trinajstić information content (AvgIpc) is 2.28. The SMILES string of the molecule is Cc1cccc(C(C(C)N)N(C)CCOC(C)C)c1. The van der Waals surface area contributed by atoms with Crippen LogP contribution in [0, 0.1) is 6.92 Å². The van der Waals surface area contributed by atoms with E-state index in [-0.39, 0.29) is 18.2 Å². The van der Waals surface area contributed by atoms with Crippen LogP contribution < -0.4 is 5.73 Å². The van der Waals surface area contributed by atoms with Crippen LogP contribution >= 0.6 is 0 Å². The van der Waals surface area contributed by atoms with Gasteiger partial charge in [0.1, 0.15) is 0 Å². The first-order chi connectivity index (χ1) is 8.91. The van der Waals surface area contributed by atoms with E-state index < -0.39 is 0 Å². The summed E-state index contributed by atoms with van der Waals surface area (Å²) >= 11 is 0. The second-order valence-corrected chi connectivity index (χ2v) is 5.62. The molecular formula is C16H28N2O. The Morgan fingerprint density at radius 1 is 1.26 bits per heavy atom. The van der Waals surface area contributed by atoms with Gasteiger partial charge in [-0.1, -0.05) is 29.8 Å². The van der Waals surface area contributed by atoms with E-state index in [1.165, 1.54) is 11.1 Å². The summed E-state index contributed by atoms with van der Waals surface area (Å²) < 4.78 is 5.62. The summed E-state index contributed by atoms with van der Waals surface area (Å²) in [6, 6.07) is 8.90. The van der Waals surface area contributed by atoms with Gasteiger partial charge >= 0.3 is 0 Å². The van der Waals surface area contributed by atoms with E-state index in [9.17, 15) is 0 Å². The molecule has 2 unspecified atom stereocenters. The number of hydrogen-bond acceptors (Lipinski definition) is 3. The van der Waals surface area contributed by atoms with E-state index in [4.69, 9.17) is 10.5 Å². The Labute approximate surface area is 117 Å². The Balaban J connectivity index is 2.71.